The lowest BCUT2D eigenvalue weighted by Gasteiger charge is -2.35. The molecule has 2 aromatic carbocycles. The van der Waals surface area contributed by atoms with Gasteiger partial charge in [-0.3, -0.25) is 19.0 Å². The van der Waals surface area contributed by atoms with E-state index >= 15 is 0 Å². The van der Waals surface area contributed by atoms with Crippen LogP contribution in [0.4, 0.5) is 4.79 Å². The molecule has 1 fully saturated rings. The molecule has 10 heteroatoms. The first-order chi connectivity index (χ1) is 20.1. The zero-order valence-corrected chi connectivity index (χ0v) is 25.1. The summed E-state index contributed by atoms with van der Waals surface area (Å²) in [6, 6.07) is 15.9. The van der Waals surface area contributed by atoms with E-state index in [4.69, 9.17) is 9.47 Å². The number of methoxy groups -OCH3 is 1. The predicted molar refractivity (Wildman–Crippen MR) is 164 cm³/mol. The maximum atomic E-state index is 14.1. The Balaban J connectivity index is 1.53. The SMILES string of the molecule is COc1c(C(=O)N2CCCCC2COC(=O)NC(C)(C)C)sc2c1c(=O)n(CC(=O)c1ccccc1)c1ccccc21. The highest BCUT2D eigenvalue weighted by Gasteiger charge is 2.33. The van der Waals surface area contributed by atoms with E-state index in [9.17, 15) is 19.2 Å². The van der Waals surface area contributed by atoms with Gasteiger partial charge in [-0.1, -0.05) is 48.5 Å². The maximum Gasteiger partial charge on any atom is 0.407 e. The number of fused-ring (bicyclic) bond motifs is 3. The number of rotatable bonds is 7. The minimum Gasteiger partial charge on any atom is -0.494 e. The van der Waals surface area contributed by atoms with Crippen molar-refractivity contribution in [2.24, 2.45) is 0 Å². The highest BCUT2D eigenvalue weighted by atomic mass is 32.1. The molecule has 1 atom stereocenters. The molecule has 1 N–H and O–H groups in total. The van der Waals surface area contributed by atoms with Crippen molar-refractivity contribution in [1.82, 2.24) is 14.8 Å². The quantitative estimate of drug-likeness (QED) is 0.280. The van der Waals surface area contributed by atoms with Crippen LogP contribution in [0.2, 0.25) is 0 Å². The van der Waals surface area contributed by atoms with E-state index in [1.54, 1.807) is 29.2 Å². The van der Waals surface area contributed by atoms with Crippen LogP contribution in [0.1, 0.15) is 60.1 Å². The number of amides is 2. The summed E-state index contributed by atoms with van der Waals surface area (Å²) in [5.41, 5.74) is 0.287. The average molecular weight is 590 g/mol. The number of likely N-dealkylation sites (tertiary alicyclic amines) is 1. The van der Waals surface area contributed by atoms with Crippen molar-refractivity contribution in [2.45, 2.75) is 58.2 Å². The molecule has 5 rings (SSSR count). The van der Waals surface area contributed by atoms with Crippen molar-refractivity contribution < 1.29 is 23.9 Å². The number of nitrogens with one attached hydrogen (secondary N) is 1. The van der Waals surface area contributed by atoms with Crippen LogP contribution < -0.4 is 15.6 Å². The Hall–Kier alpha value is -4.18. The van der Waals surface area contributed by atoms with E-state index in [2.05, 4.69) is 5.32 Å². The van der Waals surface area contributed by atoms with Gasteiger partial charge in [0.1, 0.15) is 16.9 Å². The van der Waals surface area contributed by atoms with Gasteiger partial charge in [0.05, 0.1) is 29.9 Å². The first-order valence-electron chi connectivity index (χ1n) is 14.0. The molecule has 0 bridgehead atoms. The van der Waals surface area contributed by atoms with Gasteiger partial charge in [0, 0.05) is 23.0 Å². The molecule has 0 saturated carbocycles. The predicted octanol–water partition coefficient (Wildman–Crippen LogP) is 5.63. The number of nitrogens with zero attached hydrogens (tertiary/aromatic N) is 2. The molecule has 1 aliphatic rings. The number of hydrogen-bond donors (Lipinski definition) is 1. The summed E-state index contributed by atoms with van der Waals surface area (Å²) in [7, 11) is 1.44. The Kier molecular flexibility index (Phi) is 8.36. The number of piperidine rings is 1. The van der Waals surface area contributed by atoms with Gasteiger partial charge in [-0.15, -0.1) is 11.3 Å². The van der Waals surface area contributed by atoms with Crippen molar-refractivity contribution in [2.75, 3.05) is 20.3 Å². The van der Waals surface area contributed by atoms with Crippen LogP contribution in [0.15, 0.2) is 59.4 Å². The lowest BCUT2D eigenvalue weighted by Crippen LogP contribution is -2.48. The second-order valence-corrected chi connectivity index (χ2v) is 12.5. The van der Waals surface area contributed by atoms with Gasteiger partial charge in [-0.2, -0.15) is 0 Å². The molecule has 4 aromatic rings. The minimum atomic E-state index is -0.531. The van der Waals surface area contributed by atoms with Crippen molar-refractivity contribution >= 4 is 50.1 Å². The number of alkyl carbamates (subject to hydrolysis) is 1. The summed E-state index contributed by atoms with van der Waals surface area (Å²) < 4.78 is 13.3. The van der Waals surface area contributed by atoms with Gasteiger partial charge < -0.3 is 19.7 Å². The monoisotopic (exact) mass is 589 g/mol. The zero-order valence-electron chi connectivity index (χ0n) is 24.3. The molecule has 1 unspecified atom stereocenters. The number of carbonyl (C=O) groups excluding carboxylic acids is 3. The normalized spacial score (nSPS) is 15.5. The number of hydrogen-bond acceptors (Lipinski definition) is 7. The summed E-state index contributed by atoms with van der Waals surface area (Å²) in [4.78, 5) is 55.6. The molecule has 2 aromatic heterocycles. The summed E-state index contributed by atoms with van der Waals surface area (Å²) in [5.74, 6) is -0.264. The zero-order chi connectivity index (χ0) is 30.0. The molecule has 1 saturated heterocycles. The molecule has 0 spiro atoms. The standard InChI is InChI=1S/C32H35N3O6S/c1-32(2,3)33-31(39)41-19-21-14-10-11-17-34(21)30(38)28-26(40-4)25-27(42-28)22-15-8-9-16-23(22)35(29(25)37)18-24(36)20-12-6-5-7-13-20/h5-9,12-13,15-16,21H,10-11,14,17-19H2,1-4H3,(H,33,39). The van der Waals surface area contributed by atoms with Crippen molar-refractivity contribution in [3.63, 3.8) is 0 Å². The van der Waals surface area contributed by atoms with Crippen LogP contribution >= 0.6 is 11.3 Å². The fourth-order valence-corrected chi connectivity index (χ4v) is 6.63. The molecular formula is C32H35N3O6S. The lowest BCUT2D eigenvalue weighted by atomic mass is 10.0. The lowest BCUT2D eigenvalue weighted by molar-refractivity contribution is 0.0441. The fraction of sp³-hybridized carbons (Fsp3) is 0.375. The molecule has 1 aliphatic heterocycles. The first kappa shape index (κ1) is 29.3. The molecule has 9 nitrogen and oxygen atoms in total. The largest absolute Gasteiger partial charge is 0.494 e. The third-order valence-corrected chi connectivity index (χ3v) is 8.52. The molecule has 220 valence electrons. The van der Waals surface area contributed by atoms with Gasteiger partial charge in [0.15, 0.2) is 11.5 Å². The van der Waals surface area contributed by atoms with E-state index in [1.165, 1.54) is 23.0 Å². The van der Waals surface area contributed by atoms with Gasteiger partial charge in [0.25, 0.3) is 11.5 Å². The van der Waals surface area contributed by atoms with Crippen molar-refractivity contribution in [1.29, 1.82) is 0 Å². The first-order valence-corrected chi connectivity index (χ1v) is 14.9. The average Bonchev–Trinajstić information content (AvgIpc) is 3.37. The van der Waals surface area contributed by atoms with Gasteiger partial charge >= 0.3 is 6.09 Å². The van der Waals surface area contributed by atoms with Crippen LogP contribution in [0.5, 0.6) is 5.75 Å². The van der Waals surface area contributed by atoms with Gasteiger partial charge in [-0.25, -0.2) is 4.79 Å². The third-order valence-electron chi connectivity index (χ3n) is 7.33. The van der Waals surface area contributed by atoms with Crippen LogP contribution in [0.25, 0.3) is 21.0 Å². The molecule has 0 aliphatic carbocycles. The Bertz CT molecular complexity index is 1700. The third kappa shape index (κ3) is 5.90. The van der Waals surface area contributed by atoms with Gasteiger partial charge in [0.2, 0.25) is 0 Å². The number of ether oxygens (including phenoxy) is 2. The van der Waals surface area contributed by atoms with Crippen LogP contribution in [0, 0.1) is 0 Å². The summed E-state index contributed by atoms with van der Waals surface area (Å²) in [5, 5.41) is 3.81. The smallest absolute Gasteiger partial charge is 0.407 e. The van der Waals surface area contributed by atoms with E-state index in [1.807, 2.05) is 51.1 Å². The number of ketones is 1. The molecule has 42 heavy (non-hydrogen) atoms. The van der Waals surface area contributed by atoms with E-state index in [-0.39, 0.29) is 42.0 Å². The molecule has 0 radical (unpaired) electrons. The number of para-hydroxylation sites is 1. The fourth-order valence-electron chi connectivity index (χ4n) is 5.38. The number of benzene rings is 2. The number of Topliss-reactive ketones (excluding diaryl/α,β-unsaturated/α-hetero) is 1. The number of carbonyl (C=O) groups is 3. The summed E-state index contributed by atoms with van der Waals surface area (Å²) in [6.45, 7) is 6.03. The van der Waals surface area contributed by atoms with Crippen LogP contribution in [-0.4, -0.2) is 59.1 Å². The van der Waals surface area contributed by atoms with E-state index in [0.29, 0.717) is 33.6 Å². The Morgan fingerprint density at radius 3 is 2.45 bits per heavy atom. The highest BCUT2D eigenvalue weighted by molar-refractivity contribution is 7.22. The van der Waals surface area contributed by atoms with Gasteiger partial charge in [-0.05, 0) is 46.1 Å². The number of pyridine rings is 1. The van der Waals surface area contributed by atoms with Crippen LogP contribution in [-0.2, 0) is 11.3 Å². The molecular weight excluding hydrogens is 554 g/mol. The number of thiophene rings is 1. The summed E-state index contributed by atoms with van der Waals surface area (Å²) in [6.07, 6.45) is 1.89. The minimum absolute atomic E-state index is 0.0677. The summed E-state index contributed by atoms with van der Waals surface area (Å²) >= 11 is 1.22. The van der Waals surface area contributed by atoms with Crippen molar-refractivity contribution in [3.05, 3.63) is 75.4 Å². The van der Waals surface area contributed by atoms with Crippen LogP contribution in [0.3, 0.4) is 0 Å². The Morgan fingerprint density at radius 1 is 1.02 bits per heavy atom. The number of aromatic nitrogens is 1. The second kappa shape index (κ2) is 12.0. The van der Waals surface area contributed by atoms with E-state index in [0.717, 1.165) is 18.2 Å². The highest BCUT2D eigenvalue weighted by Crippen LogP contribution is 2.41. The molecule has 2 amide bonds. The topological polar surface area (TPSA) is 107 Å². The van der Waals surface area contributed by atoms with Crippen molar-refractivity contribution in [3.8, 4) is 5.75 Å². The Morgan fingerprint density at radius 2 is 1.74 bits per heavy atom. The maximum absolute atomic E-state index is 14.1. The second-order valence-electron chi connectivity index (χ2n) is 11.5. The Labute approximate surface area is 248 Å². The molecule has 3 heterocycles. The van der Waals surface area contributed by atoms with E-state index < -0.39 is 17.2 Å².